The summed E-state index contributed by atoms with van der Waals surface area (Å²) < 4.78 is 11.2. The molecule has 6 atom stereocenters. The minimum atomic E-state index is -0.461. The van der Waals surface area contributed by atoms with Gasteiger partial charge in [-0.3, -0.25) is 0 Å². The summed E-state index contributed by atoms with van der Waals surface area (Å²) in [5, 5.41) is 31.4. The molecule has 240 valence electrons. The van der Waals surface area contributed by atoms with Crippen molar-refractivity contribution in [2.75, 3.05) is 0 Å². The normalized spacial score (nSPS) is 23.0. The maximum Gasteiger partial charge on any atom is 0.334 e. The first-order valence-electron chi connectivity index (χ1n) is 17.5. The number of cyclic esters (lactones) is 1. The lowest BCUT2D eigenvalue weighted by atomic mass is 9.99. The molecule has 0 aliphatic carbocycles. The third-order valence-corrected chi connectivity index (χ3v) is 9.03. The van der Waals surface area contributed by atoms with E-state index in [-0.39, 0.29) is 24.3 Å². The smallest absolute Gasteiger partial charge is 0.334 e. The van der Waals surface area contributed by atoms with Crippen molar-refractivity contribution in [3.8, 4) is 0 Å². The Morgan fingerprint density at radius 3 is 1.51 bits per heavy atom. The number of aliphatic hydroxyl groups excluding tert-OH is 3. The predicted molar refractivity (Wildman–Crippen MR) is 167 cm³/mol. The zero-order chi connectivity index (χ0) is 29.7. The molecule has 1 fully saturated rings. The van der Waals surface area contributed by atoms with Crippen LogP contribution in [0, 0.1) is 0 Å². The molecular weight excluding hydrogens is 516 g/mol. The number of rotatable bonds is 26. The SMILES string of the molecule is CCCCCCCCCCCC[C@@H](O)[C@H]1CC[C@H]([C@H](O)CCCCCCCCCC[C@H](O)CC2=C[C@@H](C)OC2=O)O1. The van der Waals surface area contributed by atoms with E-state index in [4.69, 9.17) is 9.47 Å². The number of hydrogen-bond acceptors (Lipinski definition) is 6. The van der Waals surface area contributed by atoms with E-state index in [1.54, 1.807) is 0 Å². The van der Waals surface area contributed by atoms with Crippen LogP contribution in [0.3, 0.4) is 0 Å². The van der Waals surface area contributed by atoms with E-state index in [0.717, 1.165) is 64.2 Å². The zero-order valence-corrected chi connectivity index (χ0v) is 26.6. The molecule has 0 saturated carbocycles. The van der Waals surface area contributed by atoms with Gasteiger partial charge in [-0.25, -0.2) is 4.79 Å². The van der Waals surface area contributed by atoms with Crippen molar-refractivity contribution in [2.24, 2.45) is 0 Å². The van der Waals surface area contributed by atoms with Gasteiger partial charge in [0.25, 0.3) is 0 Å². The maximum absolute atomic E-state index is 11.6. The Bertz CT molecular complexity index is 694. The fourth-order valence-corrected chi connectivity index (χ4v) is 6.40. The van der Waals surface area contributed by atoms with E-state index in [1.165, 1.54) is 83.5 Å². The van der Waals surface area contributed by atoms with Gasteiger partial charge in [0.1, 0.15) is 6.10 Å². The van der Waals surface area contributed by atoms with Crippen molar-refractivity contribution in [3.05, 3.63) is 11.6 Å². The van der Waals surface area contributed by atoms with Crippen LogP contribution in [-0.4, -0.2) is 57.9 Å². The molecule has 2 aliphatic rings. The summed E-state index contributed by atoms with van der Waals surface area (Å²) in [6, 6.07) is 0. The largest absolute Gasteiger partial charge is 0.455 e. The molecule has 0 amide bonds. The van der Waals surface area contributed by atoms with E-state index >= 15 is 0 Å². The number of carbonyl (C=O) groups excluding carboxylic acids is 1. The Kier molecular flexibility index (Phi) is 20.0. The van der Waals surface area contributed by atoms with Gasteiger partial charge in [-0.1, -0.05) is 122 Å². The van der Waals surface area contributed by atoms with Gasteiger partial charge >= 0.3 is 5.97 Å². The minimum Gasteiger partial charge on any atom is -0.455 e. The standard InChI is InChI=1S/C35H64O6/c1-3-4-5-6-7-8-9-13-16-19-22-31(37)33-24-25-34(41-33)32(38)23-20-17-14-11-10-12-15-18-21-30(36)27-29-26-28(2)40-35(29)39/h26,28,30-34,36-38H,3-25,27H2,1-2H3/t28-,30+,31-,32-,33-,34-/m1/s1. The molecule has 0 aromatic heterocycles. The van der Waals surface area contributed by atoms with E-state index in [2.05, 4.69) is 6.92 Å². The van der Waals surface area contributed by atoms with Crippen molar-refractivity contribution in [1.29, 1.82) is 0 Å². The van der Waals surface area contributed by atoms with Gasteiger partial charge in [0.2, 0.25) is 0 Å². The number of aliphatic hydroxyl groups is 3. The Balaban J connectivity index is 1.37. The van der Waals surface area contributed by atoms with Crippen LogP contribution in [-0.2, 0) is 14.3 Å². The molecule has 2 aliphatic heterocycles. The van der Waals surface area contributed by atoms with Gasteiger partial charge < -0.3 is 24.8 Å². The van der Waals surface area contributed by atoms with Gasteiger partial charge in [0.15, 0.2) is 0 Å². The summed E-state index contributed by atoms with van der Waals surface area (Å²) in [5.41, 5.74) is 0.617. The summed E-state index contributed by atoms with van der Waals surface area (Å²) in [7, 11) is 0. The second kappa shape index (κ2) is 22.6. The summed E-state index contributed by atoms with van der Waals surface area (Å²) in [6.07, 6.45) is 26.7. The van der Waals surface area contributed by atoms with Crippen molar-refractivity contribution < 1.29 is 29.6 Å². The molecule has 3 N–H and O–H groups in total. The summed E-state index contributed by atoms with van der Waals surface area (Å²) in [4.78, 5) is 11.6. The zero-order valence-electron chi connectivity index (χ0n) is 26.6. The van der Waals surface area contributed by atoms with Crippen LogP contribution in [0.5, 0.6) is 0 Å². The maximum atomic E-state index is 11.6. The van der Waals surface area contributed by atoms with Gasteiger partial charge in [-0.2, -0.15) is 0 Å². The molecule has 2 heterocycles. The molecule has 6 nitrogen and oxygen atoms in total. The predicted octanol–water partition coefficient (Wildman–Crippen LogP) is 8.09. The summed E-state index contributed by atoms with van der Waals surface area (Å²) in [6.45, 7) is 4.10. The highest BCUT2D eigenvalue weighted by atomic mass is 16.5. The summed E-state index contributed by atoms with van der Waals surface area (Å²) in [5.74, 6) is -0.280. The molecule has 0 aromatic rings. The van der Waals surface area contributed by atoms with E-state index < -0.39 is 18.3 Å². The topological polar surface area (TPSA) is 96.2 Å². The number of ether oxygens (including phenoxy) is 2. The molecule has 0 radical (unpaired) electrons. The first-order chi connectivity index (χ1) is 19.9. The molecule has 0 aromatic carbocycles. The lowest BCUT2D eigenvalue weighted by molar-refractivity contribution is -0.139. The highest BCUT2D eigenvalue weighted by molar-refractivity contribution is 5.90. The van der Waals surface area contributed by atoms with E-state index in [0.29, 0.717) is 12.0 Å². The van der Waals surface area contributed by atoms with Gasteiger partial charge in [0.05, 0.1) is 30.5 Å². The van der Waals surface area contributed by atoms with Crippen LogP contribution in [0.1, 0.15) is 168 Å². The van der Waals surface area contributed by atoms with Crippen LogP contribution in [0.2, 0.25) is 0 Å². The second-order valence-corrected chi connectivity index (χ2v) is 13.0. The lowest BCUT2D eigenvalue weighted by Crippen LogP contribution is -2.31. The fourth-order valence-electron chi connectivity index (χ4n) is 6.40. The molecule has 0 unspecified atom stereocenters. The van der Waals surface area contributed by atoms with Crippen LogP contribution in [0.15, 0.2) is 11.6 Å². The van der Waals surface area contributed by atoms with Crippen LogP contribution < -0.4 is 0 Å². The molecule has 41 heavy (non-hydrogen) atoms. The van der Waals surface area contributed by atoms with Crippen LogP contribution >= 0.6 is 0 Å². The average Bonchev–Trinajstić information content (AvgIpc) is 3.57. The number of hydrogen-bond donors (Lipinski definition) is 3. The van der Waals surface area contributed by atoms with Crippen LogP contribution in [0.25, 0.3) is 0 Å². The third kappa shape index (κ3) is 16.5. The molecule has 0 bridgehead atoms. The number of esters is 1. The monoisotopic (exact) mass is 580 g/mol. The van der Waals surface area contributed by atoms with E-state index in [9.17, 15) is 20.1 Å². The van der Waals surface area contributed by atoms with Crippen molar-refractivity contribution >= 4 is 5.97 Å². The Morgan fingerprint density at radius 1 is 0.683 bits per heavy atom. The molecule has 6 heteroatoms. The molecule has 0 spiro atoms. The lowest BCUT2D eigenvalue weighted by Gasteiger charge is -2.22. The van der Waals surface area contributed by atoms with Crippen molar-refractivity contribution in [1.82, 2.24) is 0 Å². The highest BCUT2D eigenvalue weighted by Gasteiger charge is 2.34. The third-order valence-electron chi connectivity index (χ3n) is 9.03. The molecular formula is C35H64O6. The number of unbranched alkanes of at least 4 members (excludes halogenated alkanes) is 16. The Labute approximate surface area is 251 Å². The number of carbonyl (C=O) groups is 1. The summed E-state index contributed by atoms with van der Waals surface area (Å²) >= 11 is 0. The first kappa shape index (κ1) is 36.2. The quantitative estimate of drug-likeness (QED) is 0.0707. The van der Waals surface area contributed by atoms with Gasteiger partial charge in [-0.15, -0.1) is 0 Å². The molecule has 2 rings (SSSR count). The Hall–Kier alpha value is -0.950. The Morgan fingerprint density at radius 2 is 1.10 bits per heavy atom. The second-order valence-electron chi connectivity index (χ2n) is 13.0. The molecule has 1 saturated heterocycles. The van der Waals surface area contributed by atoms with Gasteiger partial charge in [-0.05, 0) is 45.1 Å². The first-order valence-corrected chi connectivity index (χ1v) is 17.5. The van der Waals surface area contributed by atoms with E-state index in [1.807, 2.05) is 13.0 Å². The average molecular weight is 581 g/mol. The highest BCUT2D eigenvalue weighted by Crippen LogP contribution is 2.28. The van der Waals surface area contributed by atoms with Gasteiger partial charge in [0, 0.05) is 12.0 Å². The van der Waals surface area contributed by atoms with Crippen LogP contribution in [0.4, 0.5) is 0 Å². The van der Waals surface area contributed by atoms with Crippen molar-refractivity contribution in [3.63, 3.8) is 0 Å². The fraction of sp³-hybridized carbons (Fsp3) is 0.914. The minimum absolute atomic E-state index is 0.102. The van der Waals surface area contributed by atoms with Crippen molar-refractivity contribution in [2.45, 2.75) is 205 Å².